The summed E-state index contributed by atoms with van der Waals surface area (Å²) in [5.74, 6) is 1.91. The molecule has 2 atom stereocenters. The minimum absolute atomic E-state index is 0.194. The third kappa shape index (κ3) is 5.02. The van der Waals surface area contributed by atoms with E-state index in [0.717, 1.165) is 36.7 Å². The van der Waals surface area contributed by atoms with Crippen molar-refractivity contribution in [3.63, 3.8) is 0 Å². The summed E-state index contributed by atoms with van der Waals surface area (Å²) in [6.07, 6.45) is 6.69. The number of aliphatic hydroxyl groups is 1. The van der Waals surface area contributed by atoms with Crippen molar-refractivity contribution >= 4 is 11.5 Å². The Labute approximate surface area is 198 Å². The number of aliphatic hydroxyl groups excluding tert-OH is 1. The van der Waals surface area contributed by atoms with Crippen molar-refractivity contribution in [1.29, 1.82) is 0 Å². The molecule has 0 radical (unpaired) electrons. The van der Waals surface area contributed by atoms with Crippen LogP contribution in [0.4, 0.5) is 11.5 Å². The number of hydrogen-bond donors (Lipinski definition) is 1. The molecular weight excluding hydrogens is 410 g/mol. The maximum absolute atomic E-state index is 9.55. The van der Waals surface area contributed by atoms with Gasteiger partial charge in [0.2, 0.25) is 0 Å². The minimum Gasteiger partial charge on any atom is -0.389 e. The van der Waals surface area contributed by atoms with Gasteiger partial charge in [-0.05, 0) is 74.5 Å². The monoisotopic (exact) mass is 449 g/mol. The normalized spacial score (nSPS) is 22.9. The van der Waals surface area contributed by atoms with E-state index in [0.29, 0.717) is 31.0 Å². The SMILES string of the molecule is CC(C)c1cc(CC(C)c2ccc(N3CC(O)C3)cn2)cc(N2CCC(N3CCCC3)C2)n1. The van der Waals surface area contributed by atoms with Crippen LogP contribution in [0, 0.1) is 0 Å². The number of aromatic nitrogens is 2. The van der Waals surface area contributed by atoms with Crippen molar-refractivity contribution < 1.29 is 5.11 Å². The van der Waals surface area contributed by atoms with Crippen LogP contribution in [0.25, 0.3) is 0 Å². The van der Waals surface area contributed by atoms with Gasteiger partial charge >= 0.3 is 0 Å². The first-order valence-corrected chi connectivity index (χ1v) is 12.8. The lowest BCUT2D eigenvalue weighted by atomic mass is 9.96. The van der Waals surface area contributed by atoms with Gasteiger partial charge in [0, 0.05) is 49.5 Å². The van der Waals surface area contributed by atoms with Gasteiger partial charge in [0.15, 0.2) is 0 Å². The quantitative estimate of drug-likeness (QED) is 0.694. The first kappa shape index (κ1) is 22.6. The van der Waals surface area contributed by atoms with Gasteiger partial charge in [-0.2, -0.15) is 0 Å². The lowest BCUT2D eigenvalue weighted by molar-refractivity contribution is 0.142. The van der Waals surface area contributed by atoms with E-state index in [1.54, 1.807) is 0 Å². The highest BCUT2D eigenvalue weighted by Crippen LogP contribution is 2.29. The third-order valence-corrected chi connectivity index (χ3v) is 7.67. The lowest BCUT2D eigenvalue weighted by Crippen LogP contribution is -2.50. The minimum atomic E-state index is -0.194. The molecule has 0 bridgehead atoms. The summed E-state index contributed by atoms with van der Waals surface area (Å²) >= 11 is 0. The molecule has 6 nitrogen and oxygen atoms in total. The van der Waals surface area contributed by atoms with Crippen molar-refractivity contribution in [2.75, 3.05) is 49.1 Å². The van der Waals surface area contributed by atoms with E-state index in [4.69, 9.17) is 9.97 Å². The van der Waals surface area contributed by atoms with E-state index in [2.05, 4.69) is 59.7 Å². The number of anilines is 2. The molecule has 5 heterocycles. The van der Waals surface area contributed by atoms with E-state index in [1.165, 1.54) is 43.6 Å². The smallest absolute Gasteiger partial charge is 0.129 e. The highest BCUT2D eigenvalue weighted by molar-refractivity contribution is 5.48. The summed E-state index contributed by atoms with van der Waals surface area (Å²) < 4.78 is 0. The summed E-state index contributed by atoms with van der Waals surface area (Å²) in [7, 11) is 0. The molecule has 2 aromatic heterocycles. The lowest BCUT2D eigenvalue weighted by Gasteiger charge is -2.37. The molecule has 0 aliphatic carbocycles. The van der Waals surface area contributed by atoms with E-state index in [-0.39, 0.29) is 6.10 Å². The third-order valence-electron chi connectivity index (χ3n) is 7.67. The van der Waals surface area contributed by atoms with Gasteiger partial charge in [-0.1, -0.05) is 20.8 Å². The molecule has 3 saturated heterocycles. The van der Waals surface area contributed by atoms with E-state index in [1.807, 2.05) is 6.20 Å². The van der Waals surface area contributed by atoms with Crippen LogP contribution in [-0.4, -0.2) is 71.4 Å². The second kappa shape index (κ2) is 9.59. The molecule has 178 valence electrons. The van der Waals surface area contributed by atoms with Crippen molar-refractivity contribution in [3.05, 3.63) is 47.4 Å². The van der Waals surface area contributed by atoms with Crippen LogP contribution >= 0.6 is 0 Å². The van der Waals surface area contributed by atoms with E-state index in [9.17, 15) is 5.11 Å². The van der Waals surface area contributed by atoms with Crippen LogP contribution in [0.5, 0.6) is 0 Å². The van der Waals surface area contributed by atoms with Crippen LogP contribution in [0.15, 0.2) is 30.5 Å². The fourth-order valence-electron chi connectivity index (χ4n) is 5.52. The molecule has 3 aliphatic rings. The maximum atomic E-state index is 9.55. The topological polar surface area (TPSA) is 55.7 Å². The van der Waals surface area contributed by atoms with Gasteiger partial charge in [0.05, 0.1) is 18.0 Å². The zero-order chi connectivity index (χ0) is 22.9. The van der Waals surface area contributed by atoms with Crippen LogP contribution in [0.3, 0.4) is 0 Å². The Hall–Kier alpha value is -2.18. The number of rotatable bonds is 7. The molecular formula is C27H39N5O. The molecule has 2 aromatic rings. The zero-order valence-electron chi connectivity index (χ0n) is 20.5. The number of hydrogen-bond acceptors (Lipinski definition) is 6. The summed E-state index contributed by atoms with van der Waals surface area (Å²) in [5, 5.41) is 9.55. The highest BCUT2D eigenvalue weighted by Gasteiger charge is 2.30. The number of nitrogens with zero attached hydrogens (tertiary/aromatic N) is 5. The molecule has 6 heteroatoms. The van der Waals surface area contributed by atoms with Gasteiger partial charge < -0.3 is 14.9 Å². The number of β-amino-alcohol motifs (C(OH)–C–C–N with tert-alkyl or cyclic N) is 1. The molecule has 0 saturated carbocycles. The number of pyridine rings is 2. The standard InChI is InChI=1S/C27H39N5O/c1-19(2)26-13-21(12-20(3)25-7-6-22(15-28-25)32-17-24(33)18-32)14-27(29-26)31-11-8-23(16-31)30-9-4-5-10-30/h6-7,13-15,19-20,23-24,33H,4-5,8-12,16-18H2,1-3H3. The second-order valence-corrected chi connectivity index (χ2v) is 10.6. The average molecular weight is 450 g/mol. The molecule has 5 rings (SSSR count). The van der Waals surface area contributed by atoms with Gasteiger partial charge in [-0.25, -0.2) is 4.98 Å². The Bertz CT molecular complexity index is 934. The Morgan fingerprint density at radius 1 is 0.970 bits per heavy atom. The summed E-state index contributed by atoms with van der Waals surface area (Å²) in [4.78, 5) is 17.2. The molecule has 0 spiro atoms. The molecule has 3 fully saturated rings. The fraction of sp³-hybridized carbons (Fsp3) is 0.630. The molecule has 33 heavy (non-hydrogen) atoms. The highest BCUT2D eigenvalue weighted by atomic mass is 16.3. The maximum Gasteiger partial charge on any atom is 0.129 e. The van der Waals surface area contributed by atoms with Gasteiger partial charge in [0.1, 0.15) is 5.82 Å². The van der Waals surface area contributed by atoms with E-state index < -0.39 is 0 Å². The Morgan fingerprint density at radius 2 is 1.76 bits per heavy atom. The van der Waals surface area contributed by atoms with Crippen LogP contribution in [0.2, 0.25) is 0 Å². The Kier molecular flexibility index (Phi) is 6.57. The van der Waals surface area contributed by atoms with Crippen molar-refractivity contribution in [2.45, 2.75) is 70.4 Å². The molecule has 3 aliphatic heterocycles. The van der Waals surface area contributed by atoms with Gasteiger partial charge in [-0.3, -0.25) is 9.88 Å². The average Bonchev–Trinajstić information content (AvgIpc) is 3.49. The zero-order valence-corrected chi connectivity index (χ0v) is 20.5. The van der Waals surface area contributed by atoms with Crippen molar-refractivity contribution in [1.82, 2.24) is 14.9 Å². The predicted octanol–water partition coefficient (Wildman–Crippen LogP) is 3.80. The first-order valence-electron chi connectivity index (χ1n) is 12.8. The molecule has 2 unspecified atom stereocenters. The molecule has 0 amide bonds. The number of likely N-dealkylation sites (tertiary alicyclic amines) is 1. The van der Waals surface area contributed by atoms with Crippen LogP contribution in [0.1, 0.15) is 68.8 Å². The van der Waals surface area contributed by atoms with Crippen LogP contribution < -0.4 is 9.80 Å². The van der Waals surface area contributed by atoms with E-state index >= 15 is 0 Å². The Morgan fingerprint density at radius 3 is 2.42 bits per heavy atom. The van der Waals surface area contributed by atoms with Crippen molar-refractivity contribution in [3.8, 4) is 0 Å². The summed E-state index contributed by atoms with van der Waals surface area (Å²) in [6.45, 7) is 12.9. The molecule has 0 aromatic carbocycles. The summed E-state index contributed by atoms with van der Waals surface area (Å²) in [5.41, 5.74) is 4.78. The first-order chi connectivity index (χ1) is 16.0. The second-order valence-electron chi connectivity index (χ2n) is 10.6. The van der Waals surface area contributed by atoms with Gasteiger partial charge in [-0.15, -0.1) is 0 Å². The fourth-order valence-corrected chi connectivity index (χ4v) is 5.52. The Balaban J connectivity index is 1.29. The van der Waals surface area contributed by atoms with Gasteiger partial charge in [0.25, 0.3) is 0 Å². The van der Waals surface area contributed by atoms with Crippen LogP contribution in [-0.2, 0) is 6.42 Å². The largest absolute Gasteiger partial charge is 0.389 e. The molecule has 1 N–H and O–H groups in total. The summed E-state index contributed by atoms with van der Waals surface area (Å²) in [6, 6.07) is 9.61. The van der Waals surface area contributed by atoms with Crippen molar-refractivity contribution in [2.24, 2.45) is 0 Å². The predicted molar refractivity (Wildman–Crippen MR) is 134 cm³/mol.